The molecule has 1 aliphatic heterocycles. The van der Waals surface area contributed by atoms with Crippen LogP contribution in [0.3, 0.4) is 0 Å². The van der Waals surface area contributed by atoms with E-state index in [0.29, 0.717) is 6.04 Å². The molecule has 0 bridgehead atoms. The molecule has 4 nitrogen and oxygen atoms in total. The predicted octanol–water partition coefficient (Wildman–Crippen LogP) is 0.826. The van der Waals surface area contributed by atoms with Gasteiger partial charge >= 0.3 is 0 Å². The Balaban J connectivity index is 1.58. The molecule has 1 aliphatic carbocycles. The van der Waals surface area contributed by atoms with Gasteiger partial charge in [-0.15, -0.1) is 0 Å². The summed E-state index contributed by atoms with van der Waals surface area (Å²) >= 11 is 0. The van der Waals surface area contributed by atoms with Gasteiger partial charge in [0.05, 0.1) is 6.54 Å². The summed E-state index contributed by atoms with van der Waals surface area (Å²) in [6, 6.07) is 0.455. The largest absolute Gasteiger partial charge is 0.333 e. The SMILES string of the molecule is NC1CCC(CN2CCn3ccnc3C2)C1. The molecule has 4 heteroatoms. The van der Waals surface area contributed by atoms with Crippen LogP contribution in [0.5, 0.6) is 0 Å². The number of nitrogens with two attached hydrogens (primary N) is 1. The molecule has 2 aliphatic rings. The highest BCUT2D eigenvalue weighted by molar-refractivity contribution is 4.96. The molecular formula is C12H20N4. The number of rotatable bonds is 2. The van der Waals surface area contributed by atoms with Crippen LogP contribution in [0.25, 0.3) is 0 Å². The van der Waals surface area contributed by atoms with Gasteiger partial charge in [0.1, 0.15) is 5.82 Å². The summed E-state index contributed by atoms with van der Waals surface area (Å²) in [5, 5.41) is 0. The van der Waals surface area contributed by atoms with Gasteiger partial charge in [0, 0.05) is 38.1 Å². The van der Waals surface area contributed by atoms with Crippen LogP contribution in [0.4, 0.5) is 0 Å². The monoisotopic (exact) mass is 220 g/mol. The number of nitrogens with zero attached hydrogens (tertiary/aromatic N) is 3. The van der Waals surface area contributed by atoms with E-state index in [9.17, 15) is 0 Å². The van der Waals surface area contributed by atoms with Crippen molar-refractivity contribution in [2.75, 3.05) is 13.1 Å². The number of fused-ring (bicyclic) bond motifs is 1. The third kappa shape index (κ3) is 1.99. The maximum atomic E-state index is 5.96. The third-order valence-corrected chi connectivity index (χ3v) is 3.92. The molecule has 0 saturated heterocycles. The topological polar surface area (TPSA) is 47.1 Å². The van der Waals surface area contributed by atoms with E-state index in [2.05, 4.69) is 20.6 Å². The van der Waals surface area contributed by atoms with Crippen molar-refractivity contribution in [2.24, 2.45) is 11.7 Å². The second kappa shape index (κ2) is 4.18. The molecule has 0 radical (unpaired) electrons. The van der Waals surface area contributed by atoms with Crippen molar-refractivity contribution in [3.05, 3.63) is 18.2 Å². The summed E-state index contributed by atoms with van der Waals surface area (Å²) in [6.07, 6.45) is 7.73. The third-order valence-electron chi connectivity index (χ3n) is 3.92. The van der Waals surface area contributed by atoms with Crippen LogP contribution in [0.2, 0.25) is 0 Å². The van der Waals surface area contributed by atoms with Crippen molar-refractivity contribution in [1.29, 1.82) is 0 Å². The smallest absolute Gasteiger partial charge is 0.122 e. The number of hydrogen-bond donors (Lipinski definition) is 1. The molecule has 88 valence electrons. The molecule has 0 aromatic carbocycles. The molecular weight excluding hydrogens is 200 g/mol. The summed E-state index contributed by atoms with van der Waals surface area (Å²) in [4.78, 5) is 6.93. The highest BCUT2D eigenvalue weighted by Crippen LogP contribution is 2.26. The zero-order valence-corrected chi connectivity index (χ0v) is 9.68. The van der Waals surface area contributed by atoms with Crippen molar-refractivity contribution < 1.29 is 0 Å². The lowest BCUT2D eigenvalue weighted by molar-refractivity contribution is 0.185. The van der Waals surface area contributed by atoms with Crippen molar-refractivity contribution >= 4 is 0 Å². The first-order valence-corrected chi connectivity index (χ1v) is 6.29. The Bertz CT molecular complexity index is 360. The van der Waals surface area contributed by atoms with E-state index < -0.39 is 0 Å². The van der Waals surface area contributed by atoms with Gasteiger partial charge in [-0.3, -0.25) is 4.90 Å². The molecule has 1 fully saturated rings. The summed E-state index contributed by atoms with van der Waals surface area (Å²) in [5.41, 5.74) is 5.96. The van der Waals surface area contributed by atoms with E-state index in [1.54, 1.807) is 0 Å². The van der Waals surface area contributed by atoms with Crippen molar-refractivity contribution in [3.63, 3.8) is 0 Å². The molecule has 3 rings (SSSR count). The Labute approximate surface area is 96.4 Å². The lowest BCUT2D eigenvalue weighted by Crippen LogP contribution is -2.36. The summed E-state index contributed by atoms with van der Waals surface area (Å²) in [7, 11) is 0. The molecule has 0 spiro atoms. The molecule has 1 saturated carbocycles. The highest BCUT2D eigenvalue weighted by atomic mass is 15.2. The van der Waals surface area contributed by atoms with Gasteiger partial charge in [0.2, 0.25) is 0 Å². The average molecular weight is 220 g/mol. The first kappa shape index (κ1) is 10.3. The second-order valence-corrected chi connectivity index (χ2v) is 5.21. The van der Waals surface area contributed by atoms with Gasteiger partial charge < -0.3 is 10.3 Å². The number of hydrogen-bond acceptors (Lipinski definition) is 3. The standard InChI is InChI=1S/C12H20N4/c13-11-2-1-10(7-11)8-15-5-6-16-4-3-14-12(16)9-15/h3-4,10-11H,1-2,5-9,13H2. The fourth-order valence-electron chi connectivity index (χ4n) is 3.02. The average Bonchev–Trinajstić information content (AvgIpc) is 2.87. The molecule has 2 atom stereocenters. The van der Waals surface area contributed by atoms with Gasteiger partial charge in [-0.2, -0.15) is 0 Å². The van der Waals surface area contributed by atoms with Gasteiger partial charge in [-0.1, -0.05) is 0 Å². The van der Waals surface area contributed by atoms with Crippen LogP contribution in [0, 0.1) is 5.92 Å². The summed E-state index contributed by atoms with van der Waals surface area (Å²) in [6.45, 7) is 4.47. The molecule has 16 heavy (non-hydrogen) atoms. The Morgan fingerprint density at radius 2 is 2.31 bits per heavy atom. The van der Waals surface area contributed by atoms with E-state index in [-0.39, 0.29) is 0 Å². The highest BCUT2D eigenvalue weighted by Gasteiger charge is 2.25. The van der Waals surface area contributed by atoms with E-state index in [0.717, 1.165) is 25.6 Å². The Kier molecular flexibility index (Phi) is 2.69. The van der Waals surface area contributed by atoms with Crippen LogP contribution >= 0.6 is 0 Å². The lowest BCUT2D eigenvalue weighted by Gasteiger charge is -2.29. The van der Waals surface area contributed by atoms with E-state index in [4.69, 9.17) is 5.73 Å². The van der Waals surface area contributed by atoms with Crippen LogP contribution in [0.1, 0.15) is 25.1 Å². The summed E-state index contributed by atoms with van der Waals surface area (Å²) in [5.74, 6) is 2.03. The number of aromatic nitrogens is 2. The zero-order chi connectivity index (χ0) is 11.0. The minimum absolute atomic E-state index is 0.455. The van der Waals surface area contributed by atoms with Crippen LogP contribution in [0.15, 0.2) is 12.4 Å². The lowest BCUT2D eigenvalue weighted by atomic mass is 10.1. The Morgan fingerprint density at radius 3 is 3.12 bits per heavy atom. The van der Waals surface area contributed by atoms with E-state index in [1.165, 1.54) is 31.6 Å². The fraction of sp³-hybridized carbons (Fsp3) is 0.750. The number of imidazole rings is 1. The van der Waals surface area contributed by atoms with Crippen molar-refractivity contribution in [3.8, 4) is 0 Å². The molecule has 0 amide bonds. The predicted molar refractivity (Wildman–Crippen MR) is 62.8 cm³/mol. The minimum atomic E-state index is 0.455. The summed E-state index contributed by atoms with van der Waals surface area (Å²) < 4.78 is 2.26. The van der Waals surface area contributed by atoms with Crippen LogP contribution in [-0.4, -0.2) is 33.6 Å². The molecule has 2 N–H and O–H groups in total. The Hall–Kier alpha value is -0.870. The Morgan fingerprint density at radius 1 is 1.38 bits per heavy atom. The van der Waals surface area contributed by atoms with E-state index in [1.807, 2.05) is 6.20 Å². The molecule has 1 aromatic rings. The molecule has 2 unspecified atom stereocenters. The first-order valence-electron chi connectivity index (χ1n) is 6.29. The fourth-order valence-corrected chi connectivity index (χ4v) is 3.02. The maximum Gasteiger partial charge on any atom is 0.122 e. The quantitative estimate of drug-likeness (QED) is 0.803. The molecule has 1 aromatic heterocycles. The second-order valence-electron chi connectivity index (χ2n) is 5.21. The normalized spacial score (nSPS) is 30.6. The van der Waals surface area contributed by atoms with Gasteiger partial charge in [-0.05, 0) is 25.2 Å². The van der Waals surface area contributed by atoms with E-state index >= 15 is 0 Å². The van der Waals surface area contributed by atoms with Crippen molar-refractivity contribution in [2.45, 2.75) is 38.4 Å². The van der Waals surface area contributed by atoms with Crippen LogP contribution in [-0.2, 0) is 13.1 Å². The van der Waals surface area contributed by atoms with Crippen molar-refractivity contribution in [1.82, 2.24) is 14.5 Å². The zero-order valence-electron chi connectivity index (χ0n) is 9.68. The van der Waals surface area contributed by atoms with Gasteiger partial charge in [0.25, 0.3) is 0 Å². The maximum absolute atomic E-state index is 5.96. The van der Waals surface area contributed by atoms with Gasteiger partial charge in [-0.25, -0.2) is 4.98 Å². The minimum Gasteiger partial charge on any atom is -0.333 e. The van der Waals surface area contributed by atoms with Gasteiger partial charge in [0.15, 0.2) is 0 Å². The van der Waals surface area contributed by atoms with Crippen LogP contribution < -0.4 is 5.73 Å². The first-order chi connectivity index (χ1) is 7.81. The molecule has 2 heterocycles.